The summed E-state index contributed by atoms with van der Waals surface area (Å²) in [4.78, 5) is 1.90. The fourth-order valence-electron chi connectivity index (χ4n) is 3.53. The van der Waals surface area contributed by atoms with Crippen LogP contribution in [0.1, 0.15) is 24.9 Å². The van der Waals surface area contributed by atoms with E-state index in [2.05, 4.69) is 5.32 Å². The maximum absolute atomic E-state index is 13.6. The summed E-state index contributed by atoms with van der Waals surface area (Å²) in [6.07, 6.45) is 0.618. The summed E-state index contributed by atoms with van der Waals surface area (Å²) in [6, 6.07) is 9.93. The average Bonchev–Trinajstić information content (AvgIpc) is 2.55. The van der Waals surface area contributed by atoms with Gasteiger partial charge < -0.3 is 14.8 Å². The average molecular weight is 379 g/mol. The Morgan fingerprint density at radius 3 is 2.88 bits per heavy atom. The van der Waals surface area contributed by atoms with Gasteiger partial charge in [-0.3, -0.25) is 4.90 Å². The summed E-state index contributed by atoms with van der Waals surface area (Å²) in [7, 11) is 1.57. The molecule has 1 N–H and O–H groups in total. The fourth-order valence-corrected chi connectivity index (χ4v) is 4.22. The molecular formula is C18H16ClFN2O2S. The first-order chi connectivity index (χ1) is 11.9. The maximum atomic E-state index is 13.6. The molecule has 1 fully saturated rings. The summed E-state index contributed by atoms with van der Waals surface area (Å²) in [5.74, 6) is 0.956. The molecule has 0 saturated carbocycles. The highest BCUT2D eigenvalue weighted by Gasteiger charge is 2.48. The van der Waals surface area contributed by atoms with Crippen LogP contribution in [0.4, 0.5) is 10.1 Å². The molecule has 130 valence electrons. The van der Waals surface area contributed by atoms with Crippen molar-refractivity contribution in [3.05, 3.63) is 52.8 Å². The minimum Gasteiger partial charge on any atom is -0.495 e. The van der Waals surface area contributed by atoms with Crippen molar-refractivity contribution in [3.8, 4) is 11.5 Å². The van der Waals surface area contributed by atoms with Gasteiger partial charge in [0.1, 0.15) is 17.3 Å². The Morgan fingerprint density at radius 2 is 2.16 bits per heavy atom. The van der Waals surface area contributed by atoms with Gasteiger partial charge in [-0.05, 0) is 55.5 Å². The highest BCUT2D eigenvalue weighted by molar-refractivity contribution is 7.80. The van der Waals surface area contributed by atoms with E-state index in [1.54, 1.807) is 25.3 Å². The van der Waals surface area contributed by atoms with E-state index >= 15 is 0 Å². The van der Waals surface area contributed by atoms with Crippen molar-refractivity contribution < 1.29 is 13.9 Å². The molecule has 4 nitrogen and oxygen atoms in total. The number of benzene rings is 2. The first-order valence-electron chi connectivity index (χ1n) is 7.84. The third kappa shape index (κ3) is 2.60. The SMILES string of the molecule is COc1ccc(N2C(=S)N[C@H]3C[C@@]2(C)Oc2ccc(F)cc23)cc1Cl. The summed E-state index contributed by atoms with van der Waals surface area (Å²) < 4.78 is 25.1. The van der Waals surface area contributed by atoms with Gasteiger partial charge in [0.25, 0.3) is 0 Å². The second kappa shape index (κ2) is 5.75. The number of anilines is 1. The van der Waals surface area contributed by atoms with Gasteiger partial charge >= 0.3 is 0 Å². The van der Waals surface area contributed by atoms with Crippen LogP contribution < -0.4 is 19.7 Å². The summed E-state index contributed by atoms with van der Waals surface area (Å²) in [6.45, 7) is 1.97. The van der Waals surface area contributed by atoms with Crippen LogP contribution in [0.15, 0.2) is 36.4 Å². The zero-order valence-corrected chi connectivity index (χ0v) is 15.2. The lowest BCUT2D eigenvalue weighted by Gasteiger charge is -2.52. The Hall–Kier alpha value is -2.05. The van der Waals surface area contributed by atoms with Gasteiger partial charge in [0.2, 0.25) is 0 Å². The molecule has 2 aliphatic rings. The standard InChI is InChI=1S/C18H16ClFN2O2S/c1-18-9-14(12-7-10(20)3-5-15(12)24-18)21-17(25)22(18)11-4-6-16(23-2)13(19)8-11/h3-8,14H,9H2,1-2H3,(H,21,25)/t14-,18+/m0/s1. The van der Waals surface area contributed by atoms with Crippen LogP contribution in [0.2, 0.25) is 5.02 Å². The smallest absolute Gasteiger partial charge is 0.188 e. The summed E-state index contributed by atoms with van der Waals surface area (Å²) in [5, 5.41) is 4.29. The molecule has 2 heterocycles. The third-order valence-electron chi connectivity index (χ3n) is 4.63. The minimum absolute atomic E-state index is 0.0954. The molecule has 0 amide bonds. The molecule has 0 unspecified atom stereocenters. The lowest BCUT2D eigenvalue weighted by atomic mass is 9.90. The van der Waals surface area contributed by atoms with Crippen LogP contribution in [0.5, 0.6) is 11.5 Å². The molecule has 0 radical (unpaired) electrons. The molecule has 4 rings (SSSR count). The Bertz CT molecular complexity index is 878. The zero-order valence-electron chi connectivity index (χ0n) is 13.7. The van der Waals surface area contributed by atoms with Crippen LogP contribution >= 0.6 is 23.8 Å². The molecule has 0 aromatic heterocycles. The normalized spacial score (nSPS) is 24.2. The van der Waals surface area contributed by atoms with Gasteiger partial charge in [0.15, 0.2) is 10.8 Å². The maximum Gasteiger partial charge on any atom is 0.188 e. The van der Waals surface area contributed by atoms with E-state index in [-0.39, 0.29) is 11.9 Å². The largest absolute Gasteiger partial charge is 0.495 e. The van der Waals surface area contributed by atoms with Crippen LogP contribution in [0, 0.1) is 5.82 Å². The van der Waals surface area contributed by atoms with Gasteiger partial charge in [-0.2, -0.15) is 0 Å². The van der Waals surface area contributed by atoms with Crippen molar-refractivity contribution in [2.24, 2.45) is 0 Å². The van der Waals surface area contributed by atoms with Crippen molar-refractivity contribution in [1.29, 1.82) is 0 Å². The van der Waals surface area contributed by atoms with Crippen LogP contribution in [0.25, 0.3) is 0 Å². The number of methoxy groups -OCH3 is 1. The number of halogens is 2. The molecular weight excluding hydrogens is 363 g/mol. The van der Waals surface area contributed by atoms with Crippen molar-refractivity contribution in [2.75, 3.05) is 12.0 Å². The van der Waals surface area contributed by atoms with E-state index in [4.69, 9.17) is 33.3 Å². The number of thiocarbonyl (C=S) groups is 1. The van der Waals surface area contributed by atoms with Gasteiger partial charge in [-0.25, -0.2) is 4.39 Å². The molecule has 2 atom stereocenters. The number of nitrogens with zero attached hydrogens (tertiary/aromatic N) is 1. The van der Waals surface area contributed by atoms with Gasteiger partial charge in [0.05, 0.1) is 18.2 Å². The Balaban J connectivity index is 1.78. The number of hydrogen-bond acceptors (Lipinski definition) is 3. The third-order valence-corrected chi connectivity index (χ3v) is 5.22. The van der Waals surface area contributed by atoms with Crippen LogP contribution in [-0.2, 0) is 0 Å². The van der Waals surface area contributed by atoms with Crippen LogP contribution in [-0.4, -0.2) is 17.9 Å². The molecule has 2 aromatic rings. The van der Waals surface area contributed by atoms with Crippen LogP contribution in [0.3, 0.4) is 0 Å². The topological polar surface area (TPSA) is 33.7 Å². The Labute approximate surface area is 155 Å². The van der Waals surface area contributed by atoms with Crippen molar-refractivity contribution in [1.82, 2.24) is 5.32 Å². The number of nitrogens with one attached hydrogen (secondary N) is 1. The second-order valence-corrected chi connectivity index (χ2v) is 7.11. The quantitative estimate of drug-likeness (QED) is 0.782. The number of fused-ring (bicyclic) bond motifs is 4. The monoisotopic (exact) mass is 378 g/mol. The highest BCUT2D eigenvalue weighted by Crippen LogP contribution is 2.46. The van der Waals surface area contributed by atoms with E-state index < -0.39 is 5.72 Å². The van der Waals surface area contributed by atoms with Crippen molar-refractivity contribution in [2.45, 2.75) is 25.1 Å². The number of ether oxygens (including phenoxy) is 2. The van der Waals surface area contributed by atoms with E-state index in [0.717, 1.165) is 11.3 Å². The molecule has 2 bridgehead atoms. The molecule has 2 aliphatic heterocycles. The van der Waals surface area contributed by atoms with E-state index in [1.807, 2.05) is 17.9 Å². The van der Waals surface area contributed by atoms with Gasteiger partial charge in [-0.1, -0.05) is 11.6 Å². The molecule has 2 aromatic carbocycles. The first-order valence-corrected chi connectivity index (χ1v) is 8.62. The van der Waals surface area contributed by atoms with Crippen molar-refractivity contribution in [3.63, 3.8) is 0 Å². The molecule has 25 heavy (non-hydrogen) atoms. The first kappa shape index (κ1) is 16.4. The highest BCUT2D eigenvalue weighted by atomic mass is 35.5. The van der Waals surface area contributed by atoms with Gasteiger partial charge in [0, 0.05) is 17.7 Å². The Morgan fingerprint density at radius 1 is 1.36 bits per heavy atom. The lowest BCUT2D eigenvalue weighted by molar-refractivity contribution is 0.0495. The van der Waals surface area contributed by atoms with Gasteiger partial charge in [-0.15, -0.1) is 0 Å². The van der Waals surface area contributed by atoms with Crippen molar-refractivity contribution >= 4 is 34.6 Å². The molecule has 0 aliphatic carbocycles. The Kier molecular flexibility index (Phi) is 3.77. The van der Waals surface area contributed by atoms with E-state index in [1.165, 1.54) is 12.1 Å². The number of rotatable bonds is 2. The predicted octanol–water partition coefficient (Wildman–Crippen LogP) is 4.42. The molecule has 7 heteroatoms. The summed E-state index contributed by atoms with van der Waals surface area (Å²) in [5.41, 5.74) is 0.887. The summed E-state index contributed by atoms with van der Waals surface area (Å²) >= 11 is 11.8. The minimum atomic E-state index is -0.699. The predicted molar refractivity (Wildman–Crippen MR) is 99.0 cm³/mol. The van der Waals surface area contributed by atoms with E-state index in [0.29, 0.717) is 28.1 Å². The van der Waals surface area contributed by atoms with E-state index in [9.17, 15) is 4.39 Å². The number of hydrogen-bond donors (Lipinski definition) is 1. The lowest BCUT2D eigenvalue weighted by Crippen LogP contribution is -2.65. The second-order valence-electron chi connectivity index (χ2n) is 6.32. The fraction of sp³-hybridized carbons (Fsp3) is 0.278. The molecule has 0 spiro atoms. The molecule has 1 saturated heterocycles. The zero-order chi connectivity index (χ0) is 17.8.